The lowest BCUT2D eigenvalue weighted by atomic mass is 9.92. The van der Waals surface area contributed by atoms with Gasteiger partial charge in [-0.1, -0.05) is 41.9 Å². The van der Waals surface area contributed by atoms with Crippen molar-refractivity contribution in [3.05, 3.63) is 70.0 Å². The number of carbonyl (C=O) groups excluding carboxylic acids is 2. The minimum atomic E-state index is -1.18. The van der Waals surface area contributed by atoms with E-state index < -0.39 is 11.6 Å². The van der Waals surface area contributed by atoms with Gasteiger partial charge in [0.2, 0.25) is 0 Å². The molecular weight excluding hydrogens is 392 g/mol. The summed E-state index contributed by atoms with van der Waals surface area (Å²) in [6.45, 7) is 5.54. The van der Waals surface area contributed by atoms with Crippen LogP contribution in [-0.2, 0) is 16.9 Å². The fourth-order valence-corrected chi connectivity index (χ4v) is 3.70. The van der Waals surface area contributed by atoms with Crippen molar-refractivity contribution in [2.24, 2.45) is 0 Å². The number of benzene rings is 2. The molecule has 2 heterocycles. The van der Waals surface area contributed by atoms with Crippen molar-refractivity contribution in [1.29, 1.82) is 0 Å². The van der Waals surface area contributed by atoms with E-state index in [4.69, 9.17) is 11.6 Å². The quantitative estimate of drug-likeness (QED) is 0.667. The third kappa shape index (κ3) is 3.15. The van der Waals surface area contributed by atoms with Crippen LogP contribution in [0.4, 0.5) is 4.79 Å². The third-order valence-electron chi connectivity index (χ3n) is 5.18. The molecule has 1 atom stereocenters. The van der Waals surface area contributed by atoms with Gasteiger partial charge in [0.25, 0.3) is 5.91 Å². The van der Waals surface area contributed by atoms with E-state index in [9.17, 15) is 9.59 Å². The third-order valence-corrected chi connectivity index (χ3v) is 5.43. The van der Waals surface area contributed by atoms with Crippen molar-refractivity contribution in [3.8, 4) is 5.69 Å². The van der Waals surface area contributed by atoms with Gasteiger partial charge in [-0.3, -0.25) is 9.69 Å². The van der Waals surface area contributed by atoms with Crippen molar-refractivity contribution in [3.63, 3.8) is 0 Å². The molecule has 0 aliphatic carbocycles. The number of aromatic nitrogens is 4. The van der Waals surface area contributed by atoms with E-state index in [1.165, 1.54) is 0 Å². The molecule has 1 unspecified atom stereocenters. The Balaban J connectivity index is 1.67. The highest BCUT2D eigenvalue weighted by molar-refractivity contribution is 6.30. The molecule has 0 radical (unpaired) electrons. The summed E-state index contributed by atoms with van der Waals surface area (Å²) in [6.07, 6.45) is 0. The van der Waals surface area contributed by atoms with E-state index in [0.29, 0.717) is 16.4 Å². The maximum absolute atomic E-state index is 13.2. The highest BCUT2D eigenvalue weighted by Crippen LogP contribution is 2.30. The minimum Gasteiger partial charge on any atom is -0.319 e. The normalized spacial score (nSPS) is 19.0. The summed E-state index contributed by atoms with van der Waals surface area (Å²) in [5.74, 6) is 0.0205. The van der Waals surface area contributed by atoms with Gasteiger partial charge in [-0.25, -0.2) is 4.79 Å². The Morgan fingerprint density at radius 3 is 2.38 bits per heavy atom. The number of hydrogen-bond acceptors (Lipinski definition) is 5. The van der Waals surface area contributed by atoms with Crippen LogP contribution in [-0.4, -0.2) is 37.0 Å². The number of imide groups is 1. The van der Waals surface area contributed by atoms with Crippen LogP contribution in [0.2, 0.25) is 5.02 Å². The Kier molecular flexibility index (Phi) is 4.58. The Bertz CT molecular complexity index is 1090. The molecular formula is C20H19ClN6O2. The molecule has 148 valence electrons. The fraction of sp³-hybridized carbons (Fsp3) is 0.250. The first-order valence-corrected chi connectivity index (χ1v) is 9.43. The highest BCUT2D eigenvalue weighted by atomic mass is 35.5. The number of para-hydroxylation sites is 1. The summed E-state index contributed by atoms with van der Waals surface area (Å²) in [6, 6.07) is 12.2. The van der Waals surface area contributed by atoms with Crippen molar-refractivity contribution in [1.82, 2.24) is 30.4 Å². The molecule has 0 bridgehead atoms. The van der Waals surface area contributed by atoms with Crippen LogP contribution in [0.5, 0.6) is 0 Å². The molecule has 1 aromatic heterocycles. The minimum absolute atomic E-state index is 0.0470. The van der Waals surface area contributed by atoms with E-state index >= 15 is 0 Å². The number of urea groups is 1. The Labute approximate surface area is 172 Å². The number of nitrogens with zero attached hydrogens (tertiary/aromatic N) is 5. The predicted molar refractivity (Wildman–Crippen MR) is 107 cm³/mol. The Morgan fingerprint density at radius 1 is 1.07 bits per heavy atom. The zero-order valence-electron chi connectivity index (χ0n) is 16.2. The molecule has 4 rings (SSSR count). The second-order valence-corrected chi connectivity index (χ2v) is 7.64. The number of rotatable bonds is 4. The van der Waals surface area contributed by atoms with E-state index in [1.807, 2.05) is 32.0 Å². The maximum atomic E-state index is 13.2. The number of halogens is 1. The van der Waals surface area contributed by atoms with Crippen LogP contribution in [0.25, 0.3) is 5.69 Å². The first-order valence-electron chi connectivity index (χ1n) is 9.05. The summed E-state index contributed by atoms with van der Waals surface area (Å²) < 4.78 is 1.57. The van der Waals surface area contributed by atoms with Gasteiger partial charge in [-0.15, -0.1) is 5.10 Å². The van der Waals surface area contributed by atoms with Crippen LogP contribution >= 0.6 is 11.6 Å². The van der Waals surface area contributed by atoms with Gasteiger partial charge in [0.05, 0.1) is 12.2 Å². The molecule has 1 saturated heterocycles. The van der Waals surface area contributed by atoms with Gasteiger partial charge < -0.3 is 5.32 Å². The summed E-state index contributed by atoms with van der Waals surface area (Å²) in [5, 5.41) is 15.2. The molecule has 0 saturated carbocycles. The van der Waals surface area contributed by atoms with Crippen molar-refractivity contribution in [2.75, 3.05) is 0 Å². The van der Waals surface area contributed by atoms with Gasteiger partial charge in [0, 0.05) is 5.02 Å². The molecule has 1 fully saturated rings. The average Bonchev–Trinajstić information content (AvgIpc) is 3.21. The molecule has 3 aromatic rings. The topological polar surface area (TPSA) is 93.0 Å². The van der Waals surface area contributed by atoms with Crippen LogP contribution in [0.1, 0.15) is 29.4 Å². The molecule has 9 heteroatoms. The summed E-state index contributed by atoms with van der Waals surface area (Å²) in [4.78, 5) is 26.9. The zero-order valence-corrected chi connectivity index (χ0v) is 16.9. The Hall–Kier alpha value is -3.26. The number of hydrogen-bond donors (Lipinski definition) is 1. The van der Waals surface area contributed by atoms with Gasteiger partial charge in [-0.2, -0.15) is 4.68 Å². The van der Waals surface area contributed by atoms with Crippen LogP contribution in [0.15, 0.2) is 42.5 Å². The lowest BCUT2D eigenvalue weighted by Gasteiger charge is -2.22. The SMILES string of the molecule is Cc1cccc(C)c1-n1nnnc1CN1C(=O)NC(C)(c2ccc(Cl)cc2)C1=O. The standard InChI is InChI=1S/C20H19ClN6O2/c1-12-5-4-6-13(2)17(12)27-16(23-24-25-27)11-26-18(28)20(3,22-19(26)29)14-7-9-15(21)10-8-14/h4-10H,11H2,1-3H3,(H,22,29). The number of nitrogens with one attached hydrogen (secondary N) is 1. The molecule has 8 nitrogen and oxygen atoms in total. The van der Waals surface area contributed by atoms with Gasteiger partial charge in [0.15, 0.2) is 5.82 Å². The Morgan fingerprint density at radius 2 is 1.72 bits per heavy atom. The van der Waals surface area contributed by atoms with Crippen molar-refractivity contribution in [2.45, 2.75) is 32.9 Å². The molecule has 29 heavy (non-hydrogen) atoms. The predicted octanol–water partition coefficient (Wildman–Crippen LogP) is 2.90. The van der Waals surface area contributed by atoms with Crippen molar-refractivity contribution < 1.29 is 9.59 Å². The van der Waals surface area contributed by atoms with Gasteiger partial charge in [0.1, 0.15) is 5.54 Å². The van der Waals surface area contributed by atoms with Crippen LogP contribution < -0.4 is 5.32 Å². The number of aryl methyl sites for hydroxylation is 2. The number of carbonyl (C=O) groups is 2. The van der Waals surface area contributed by atoms with E-state index in [0.717, 1.165) is 21.7 Å². The van der Waals surface area contributed by atoms with Crippen LogP contribution in [0.3, 0.4) is 0 Å². The maximum Gasteiger partial charge on any atom is 0.325 e. The number of amides is 3. The second-order valence-electron chi connectivity index (χ2n) is 7.20. The smallest absolute Gasteiger partial charge is 0.319 e. The van der Waals surface area contributed by atoms with Gasteiger partial charge >= 0.3 is 6.03 Å². The van der Waals surface area contributed by atoms with E-state index in [2.05, 4.69) is 20.8 Å². The zero-order chi connectivity index (χ0) is 20.8. The summed E-state index contributed by atoms with van der Waals surface area (Å²) in [7, 11) is 0. The molecule has 2 aromatic carbocycles. The van der Waals surface area contributed by atoms with Gasteiger partial charge in [-0.05, 0) is 60.0 Å². The number of tetrazole rings is 1. The second kappa shape index (κ2) is 6.97. The highest BCUT2D eigenvalue weighted by Gasteiger charge is 2.49. The largest absolute Gasteiger partial charge is 0.325 e. The molecule has 1 aliphatic rings. The summed E-state index contributed by atoms with van der Waals surface area (Å²) >= 11 is 5.95. The molecule has 0 spiro atoms. The average molecular weight is 411 g/mol. The van der Waals surface area contributed by atoms with Crippen molar-refractivity contribution >= 4 is 23.5 Å². The van der Waals surface area contributed by atoms with E-state index in [-0.39, 0.29) is 12.5 Å². The summed E-state index contributed by atoms with van der Waals surface area (Å²) in [5.41, 5.74) is 2.28. The van der Waals surface area contributed by atoms with E-state index in [1.54, 1.807) is 35.9 Å². The molecule has 1 N–H and O–H groups in total. The molecule has 3 amide bonds. The monoisotopic (exact) mass is 410 g/mol. The molecule has 1 aliphatic heterocycles. The lowest BCUT2D eigenvalue weighted by Crippen LogP contribution is -2.40. The van der Waals surface area contributed by atoms with Crippen LogP contribution in [0, 0.1) is 13.8 Å². The first kappa shape index (κ1) is 19.1. The first-order chi connectivity index (χ1) is 13.8. The lowest BCUT2D eigenvalue weighted by molar-refractivity contribution is -0.131. The fourth-order valence-electron chi connectivity index (χ4n) is 3.58.